The van der Waals surface area contributed by atoms with Gasteiger partial charge < -0.3 is 15.0 Å². The monoisotopic (exact) mass is 458 g/mol. The molecule has 0 saturated heterocycles. The van der Waals surface area contributed by atoms with E-state index in [0.29, 0.717) is 18.2 Å². The maximum atomic E-state index is 12.8. The molecule has 1 heterocycles. The lowest BCUT2D eigenvalue weighted by atomic mass is 9.97. The first kappa shape index (κ1) is 24.3. The van der Waals surface area contributed by atoms with Crippen LogP contribution in [0, 0.1) is 0 Å². The molecule has 0 spiro atoms. The van der Waals surface area contributed by atoms with Crippen molar-refractivity contribution >= 4 is 23.4 Å². The fraction of sp³-hybridized carbons (Fsp3) is 0.542. The first-order valence-corrected chi connectivity index (χ1v) is 12.5. The number of fused-ring (bicyclic) bond motifs is 1. The van der Waals surface area contributed by atoms with Gasteiger partial charge in [0.1, 0.15) is 10.8 Å². The van der Waals surface area contributed by atoms with Gasteiger partial charge in [0.2, 0.25) is 5.91 Å². The van der Waals surface area contributed by atoms with Crippen molar-refractivity contribution in [2.45, 2.75) is 58.0 Å². The van der Waals surface area contributed by atoms with Gasteiger partial charge in [-0.05, 0) is 70.0 Å². The molecule has 0 bridgehead atoms. The predicted octanol–water partition coefficient (Wildman–Crippen LogP) is 3.59. The van der Waals surface area contributed by atoms with Gasteiger partial charge in [-0.3, -0.25) is 9.36 Å². The number of aromatic nitrogens is 2. The summed E-state index contributed by atoms with van der Waals surface area (Å²) in [5.74, 6) is 0.878. The average molecular weight is 459 g/mol. The van der Waals surface area contributed by atoms with Gasteiger partial charge in [0.15, 0.2) is 0 Å². The normalized spacial score (nSPS) is 13.1. The summed E-state index contributed by atoms with van der Waals surface area (Å²) >= 11 is 1.36. The summed E-state index contributed by atoms with van der Waals surface area (Å²) in [6.07, 6.45) is 3.99. The molecular formula is C24H34N4O3S. The molecule has 0 unspecified atom stereocenters. The van der Waals surface area contributed by atoms with Crippen LogP contribution in [0.2, 0.25) is 0 Å². The fourth-order valence-corrected chi connectivity index (χ4v) is 4.89. The number of carbonyl (C=O) groups is 1. The zero-order valence-corrected chi connectivity index (χ0v) is 20.2. The standard InChI is InChI=1S/C24H34N4O3S/c1-4-27(5-2)15-16-28-21-10-8-7-9-20(21)23(26-24(28)30)32-17-22(29)25-18-11-13-19(14-12-18)31-6-3/h11-14H,4-10,15-17H2,1-3H3,(H,25,29). The Morgan fingerprint density at radius 3 is 2.56 bits per heavy atom. The Kier molecular flexibility index (Phi) is 9.17. The second kappa shape index (κ2) is 12.1. The Hall–Kier alpha value is -2.32. The number of ether oxygens (including phenoxy) is 1. The number of nitrogens with one attached hydrogen (secondary N) is 1. The molecule has 7 nitrogen and oxygen atoms in total. The molecule has 1 N–H and O–H groups in total. The highest BCUT2D eigenvalue weighted by Gasteiger charge is 2.21. The molecule has 0 saturated carbocycles. The van der Waals surface area contributed by atoms with Gasteiger partial charge in [-0.25, -0.2) is 4.79 Å². The maximum Gasteiger partial charge on any atom is 0.348 e. The Balaban J connectivity index is 1.67. The zero-order valence-electron chi connectivity index (χ0n) is 19.4. The van der Waals surface area contributed by atoms with Crippen LogP contribution in [0.5, 0.6) is 5.75 Å². The number of carbonyl (C=O) groups excluding carboxylic acids is 1. The molecule has 1 aliphatic rings. The van der Waals surface area contributed by atoms with Gasteiger partial charge in [-0.2, -0.15) is 4.98 Å². The first-order valence-electron chi connectivity index (χ1n) is 11.6. The quantitative estimate of drug-likeness (QED) is 0.410. The van der Waals surface area contributed by atoms with Crippen molar-refractivity contribution in [2.24, 2.45) is 0 Å². The van der Waals surface area contributed by atoms with Crippen LogP contribution in [0.1, 0.15) is 44.9 Å². The van der Waals surface area contributed by atoms with Gasteiger partial charge >= 0.3 is 5.69 Å². The molecule has 174 valence electrons. The van der Waals surface area contributed by atoms with E-state index in [4.69, 9.17) is 4.74 Å². The number of hydrogen-bond donors (Lipinski definition) is 1. The van der Waals surface area contributed by atoms with Crippen molar-refractivity contribution in [1.82, 2.24) is 14.5 Å². The van der Waals surface area contributed by atoms with E-state index in [-0.39, 0.29) is 17.3 Å². The zero-order chi connectivity index (χ0) is 22.9. The minimum Gasteiger partial charge on any atom is -0.494 e. The Morgan fingerprint density at radius 1 is 1.16 bits per heavy atom. The van der Waals surface area contributed by atoms with E-state index >= 15 is 0 Å². The van der Waals surface area contributed by atoms with Crippen LogP contribution < -0.4 is 15.7 Å². The largest absolute Gasteiger partial charge is 0.494 e. The van der Waals surface area contributed by atoms with Crippen LogP contribution in [0.3, 0.4) is 0 Å². The molecule has 1 aliphatic carbocycles. The van der Waals surface area contributed by atoms with Crippen molar-refractivity contribution in [3.8, 4) is 5.75 Å². The highest BCUT2D eigenvalue weighted by Crippen LogP contribution is 2.28. The van der Waals surface area contributed by atoms with Crippen molar-refractivity contribution in [2.75, 3.05) is 37.3 Å². The lowest BCUT2D eigenvalue weighted by Crippen LogP contribution is -2.35. The summed E-state index contributed by atoms with van der Waals surface area (Å²) in [6.45, 7) is 10.3. The third-order valence-corrected chi connectivity index (χ3v) is 6.79. The number of anilines is 1. The number of amides is 1. The van der Waals surface area contributed by atoms with Crippen molar-refractivity contribution in [3.63, 3.8) is 0 Å². The van der Waals surface area contributed by atoms with E-state index in [2.05, 4.69) is 29.0 Å². The minimum absolute atomic E-state index is 0.115. The van der Waals surface area contributed by atoms with Crippen LogP contribution >= 0.6 is 11.8 Å². The highest BCUT2D eigenvalue weighted by molar-refractivity contribution is 8.00. The maximum absolute atomic E-state index is 12.8. The van der Waals surface area contributed by atoms with Crippen LogP contribution in [-0.2, 0) is 24.2 Å². The minimum atomic E-state index is -0.202. The first-order chi connectivity index (χ1) is 15.5. The molecule has 0 fully saturated rings. The van der Waals surface area contributed by atoms with Crippen molar-refractivity contribution in [1.29, 1.82) is 0 Å². The SMILES string of the molecule is CCOc1ccc(NC(=O)CSc2nc(=O)n(CCN(CC)CC)c3c2CCCC3)cc1. The molecule has 0 radical (unpaired) electrons. The summed E-state index contributed by atoms with van der Waals surface area (Å²) in [6, 6.07) is 7.32. The Morgan fingerprint density at radius 2 is 1.88 bits per heavy atom. The topological polar surface area (TPSA) is 76.5 Å². The lowest BCUT2D eigenvalue weighted by Gasteiger charge is -2.24. The number of rotatable bonds is 11. The number of likely N-dealkylation sites (N-methyl/N-ethyl adjacent to an activating group) is 1. The van der Waals surface area contributed by atoms with Gasteiger partial charge in [0.25, 0.3) is 0 Å². The van der Waals surface area contributed by atoms with Crippen molar-refractivity contribution in [3.05, 3.63) is 46.0 Å². The van der Waals surface area contributed by atoms with E-state index < -0.39 is 0 Å². The van der Waals surface area contributed by atoms with Crippen LogP contribution in [0.4, 0.5) is 5.69 Å². The van der Waals surface area contributed by atoms with Gasteiger partial charge in [0, 0.05) is 30.0 Å². The Bertz CT molecular complexity index is 955. The predicted molar refractivity (Wildman–Crippen MR) is 130 cm³/mol. The molecule has 8 heteroatoms. The van der Waals surface area contributed by atoms with Gasteiger partial charge in [-0.1, -0.05) is 25.6 Å². The lowest BCUT2D eigenvalue weighted by molar-refractivity contribution is -0.113. The summed E-state index contributed by atoms with van der Waals surface area (Å²) in [5, 5.41) is 3.61. The number of nitrogens with zero attached hydrogens (tertiary/aromatic N) is 3. The Labute approximate surface area is 194 Å². The molecule has 32 heavy (non-hydrogen) atoms. The summed E-state index contributed by atoms with van der Waals surface area (Å²) < 4.78 is 7.29. The van der Waals surface area contributed by atoms with E-state index in [1.165, 1.54) is 11.8 Å². The third kappa shape index (κ3) is 6.36. The average Bonchev–Trinajstić information content (AvgIpc) is 2.81. The second-order valence-electron chi connectivity index (χ2n) is 7.80. The van der Waals surface area contributed by atoms with Gasteiger partial charge in [-0.15, -0.1) is 0 Å². The number of thioether (sulfide) groups is 1. The molecule has 0 aliphatic heterocycles. The molecule has 0 atom stereocenters. The molecule has 1 aromatic carbocycles. The van der Waals surface area contributed by atoms with Crippen molar-refractivity contribution < 1.29 is 9.53 Å². The highest BCUT2D eigenvalue weighted by atomic mass is 32.2. The summed E-state index contributed by atoms with van der Waals surface area (Å²) in [7, 11) is 0. The summed E-state index contributed by atoms with van der Waals surface area (Å²) in [5.41, 5.74) is 2.78. The smallest absolute Gasteiger partial charge is 0.348 e. The van der Waals surface area contributed by atoms with Crippen LogP contribution in [0.25, 0.3) is 0 Å². The number of benzene rings is 1. The second-order valence-corrected chi connectivity index (χ2v) is 8.77. The summed E-state index contributed by atoms with van der Waals surface area (Å²) in [4.78, 5) is 32.0. The van der Waals surface area contributed by atoms with Gasteiger partial charge in [0.05, 0.1) is 12.4 Å². The van der Waals surface area contributed by atoms with E-state index in [0.717, 1.165) is 68.0 Å². The molecule has 1 aromatic heterocycles. The number of hydrogen-bond acceptors (Lipinski definition) is 6. The van der Waals surface area contributed by atoms with Crippen LogP contribution in [0.15, 0.2) is 34.1 Å². The fourth-order valence-electron chi connectivity index (χ4n) is 4.01. The molecule has 2 aromatic rings. The third-order valence-electron chi connectivity index (χ3n) is 5.77. The van der Waals surface area contributed by atoms with Crippen LogP contribution in [-0.4, -0.2) is 52.4 Å². The molecular weight excluding hydrogens is 424 g/mol. The van der Waals surface area contributed by atoms with E-state index in [9.17, 15) is 9.59 Å². The van der Waals surface area contributed by atoms with E-state index in [1.54, 1.807) is 0 Å². The van der Waals surface area contributed by atoms with E-state index in [1.807, 2.05) is 35.8 Å². The molecule has 3 rings (SSSR count). The molecule has 1 amide bonds.